The van der Waals surface area contributed by atoms with E-state index in [-0.39, 0.29) is 41.3 Å². The Hall–Kier alpha value is -4.41. The molecule has 0 spiro atoms. The van der Waals surface area contributed by atoms with Gasteiger partial charge in [-0.25, -0.2) is 4.79 Å². The average Bonchev–Trinajstić information content (AvgIpc) is 3.04. The molecule has 0 aliphatic carbocycles. The fraction of sp³-hybridized carbons (Fsp3) is 0.541. The third-order valence-corrected chi connectivity index (χ3v) is 8.18. The van der Waals surface area contributed by atoms with Crippen molar-refractivity contribution in [1.29, 1.82) is 0 Å². The normalized spacial score (nSPS) is 11.4. The van der Waals surface area contributed by atoms with Gasteiger partial charge < -0.3 is 31.9 Å². The average molecular weight is 667 g/mol. The molecular weight excluding hydrogens is 612 g/mol. The maximum Gasteiger partial charge on any atom is 0.335 e. The van der Waals surface area contributed by atoms with E-state index < -0.39 is 29.8 Å². The Bertz CT molecular complexity index is 1310. The minimum absolute atomic E-state index is 0.0939. The fourth-order valence-corrected chi connectivity index (χ4v) is 5.44. The van der Waals surface area contributed by atoms with Crippen LogP contribution in [0.3, 0.4) is 0 Å². The number of nitrogens with two attached hydrogens (primary N) is 1. The molecule has 0 aliphatic heterocycles. The van der Waals surface area contributed by atoms with Crippen LogP contribution in [0, 0.1) is 0 Å². The van der Waals surface area contributed by atoms with Gasteiger partial charge in [0, 0.05) is 35.5 Å². The third-order valence-electron chi connectivity index (χ3n) is 8.18. The molecule has 2 aromatic carbocycles. The first-order valence-corrected chi connectivity index (χ1v) is 17.5. The van der Waals surface area contributed by atoms with Crippen molar-refractivity contribution in [3.05, 3.63) is 53.6 Å². The number of aliphatic carboxylic acids is 1. The molecule has 0 fully saturated rings. The van der Waals surface area contributed by atoms with Crippen LogP contribution in [0.25, 0.3) is 0 Å². The molecule has 0 radical (unpaired) electrons. The summed E-state index contributed by atoms with van der Waals surface area (Å²) in [6.45, 7) is 2.25. The molecule has 11 nitrogen and oxygen atoms in total. The quantitative estimate of drug-likeness (QED) is 0.0458. The van der Waals surface area contributed by atoms with Crippen molar-refractivity contribution in [2.75, 3.05) is 16.4 Å². The van der Waals surface area contributed by atoms with E-state index >= 15 is 0 Å². The van der Waals surface area contributed by atoms with Crippen molar-refractivity contribution in [3.63, 3.8) is 0 Å². The second-order valence-electron chi connectivity index (χ2n) is 12.4. The number of carboxylic acid groups (broad SMARTS) is 2. The monoisotopic (exact) mass is 666 g/mol. The summed E-state index contributed by atoms with van der Waals surface area (Å²) >= 11 is 0. The van der Waals surface area contributed by atoms with Crippen LogP contribution in [0.5, 0.6) is 0 Å². The van der Waals surface area contributed by atoms with Crippen molar-refractivity contribution >= 4 is 46.7 Å². The van der Waals surface area contributed by atoms with Gasteiger partial charge in [-0.05, 0) is 55.3 Å². The number of benzene rings is 2. The van der Waals surface area contributed by atoms with Crippen LogP contribution in [0.15, 0.2) is 42.5 Å². The number of carboxylic acids is 2. The standard InChI is InChI=1S/C37H54N4O7/c1-2-3-4-5-6-7-8-9-10-11-12-13-14-15-16-17-33(42)39-30-20-18-27(19-21-30)35(45)41-32(22-23-34(43)44)36(46)40-31-25-28(37(47)48)24-29(38)26-31/h18-21,24-26,32H,2-17,22-23,38H2,1H3,(H,39,42)(H,40,46)(H,41,45)(H,43,44)(H,47,48)/t32-/m1/s1. The zero-order valence-corrected chi connectivity index (χ0v) is 28.4. The van der Waals surface area contributed by atoms with Gasteiger partial charge in [0.1, 0.15) is 6.04 Å². The number of anilines is 3. The molecule has 0 saturated carbocycles. The van der Waals surface area contributed by atoms with Crippen molar-refractivity contribution in [1.82, 2.24) is 5.32 Å². The lowest BCUT2D eigenvalue weighted by Crippen LogP contribution is -2.44. The molecule has 0 saturated heterocycles. The van der Waals surface area contributed by atoms with Crippen LogP contribution in [0.4, 0.5) is 17.1 Å². The zero-order chi connectivity index (χ0) is 35.1. The molecule has 2 aromatic rings. The molecule has 0 unspecified atom stereocenters. The van der Waals surface area contributed by atoms with E-state index in [1.54, 1.807) is 12.1 Å². The summed E-state index contributed by atoms with van der Waals surface area (Å²) in [4.78, 5) is 60.8. The molecule has 11 heteroatoms. The largest absolute Gasteiger partial charge is 0.481 e. The van der Waals surface area contributed by atoms with Gasteiger partial charge in [0.2, 0.25) is 11.8 Å². The Labute approximate surface area is 284 Å². The van der Waals surface area contributed by atoms with Crippen molar-refractivity contribution in [2.24, 2.45) is 0 Å². The summed E-state index contributed by atoms with van der Waals surface area (Å²) in [5.74, 6) is -3.83. The topological polar surface area (TPSA) is 188 Å². The van der Waals surface area contributed by atoms with Crippen LogP contribution in [0.1, 0.15) is 143 Å². The predicted octanol–water partition coefficient (Wildman–Crippen LogP) is 7.77. The number of nitrogen functional groups attached to an aromatic ring is 1. The summed E-state index contributed by atoms with van der Waals surface area (Å²) in [7, 11) is 0. The van der Waals surface area contributed by atoms with Crippen LogP contribution in [0.2, 0.25) is 0 Å². The lowest BCUT2D eigenvalue weighted by atomic mass is 10.0. The highest BCUT2D eigenvalue weighted by molar-refractivity contribution is 6.02. The number of hydrogen-bond donors (Lipinski definition) is 6. The number of amides is 3. The van der Waals surface area contributed by atoms with E-state index in [0.717, 1.165) is 19.3 Å². The molecule has 1 atom stereocenters. The second kappa shape index (κ2) is 23.0. The number of carbonyl (C=O) groups is 5. The summed E-state index contributed by atoms with van der Waals surface area (Å²) in [5.41, 5.74) is 6.54. The van der Waals surface area contributed by atoms with E-state index in [1.807, 2.05) is 0 Å². The highest BCUT2D eigenvalue weighted by Gasteiger charge is 2.23. The van der Waals surface area contributed by atoms with Crippen molar-refractivity contribution < 1.29 is 34.2 Å². The van der Waals surface area contributed by atoms with Gasteiger partial charge in [-0.1, -0.05) is 96.8 Å². The van der Waals surface area contributed by atoms with Crippen molar-refractivity contribution in [3.8, 4) is 0 Å². The lowest BCUT2D eigenvalue weighted by Gasteiger charge is -2.18. The number of carbonyl (C=O) groups excluding carboxylic acids is 3. The second-order valence-corrected chi connectivity index (χ2v) is 12.4. The minimum Gasteiger partial charge on any atom is -0.481 e. The first kappa shape index (κ1) is 39.8. The number of aromatic carboxylic acids is 1. The maximum absolute atomic E-state index is 13.0. The zero-order valence-electron chi connectivity index (χ0n) is 28.4. The van der Waals surface area contributed by atoms with Gasteiger partial charge in [0.25, 0.3) is 5.91 Å². The third kappa shape index (κ3) is 16.9. The van der Waals surface area contributed by atoms with Crippen LogP contribution >= 0.6 is 0 Å². The summed E-state index contributed by atoms with van der Waals surface area (Å²) in [6, 6.07) is 8.75. The Kier molecular flexibility index (Phi) is 19.1. The summed E-state index contributed by atoms with van der Waals surface area (Å²) < 4.78 is 0. The van der Waals surface area contributed by atoms with Gasteiger partial charge in [-0.2, -0.15) is 0 Å². The number of hydrogen-bond acceptors (Lipinski definition) is 6. The maximum atomic E-state index is 13.0. The fourth-order valence-electron chi connectivity index (χ4n) is 5.44. The Morgan fingerprint density at radius 2 is 1.19 bits per heavy atom. The predicted molar refractivity (Wildman–Crippen MR) is 189 cm³/mol. The lowest BCUT2D eigenvalue weighted by molar-refractivity contribution is -0.137. The molecule has 0 heterocycles. The highest BCUT2D eigenvalue weighted by atomic mass is 16.4. The first-order chi connectivity index (χ1) is 23.1. The van der Waals surface area contributed by atoms with Gasteiger partial charge in [0.15, 0.2) is 0 Å². The minimum atomic E-state index is -1.24. The van der Waals surface area contributed by atoms with E-state index in [9.17, 15) is 29.1 Å². The van der Waals surface area contributed by atoms with Crippen molar-refractivity contribution in [2.45, 2.75) is 129 Å². The smallest absolute Gasteiger partial charge is 0.335 e. The molecule has 3 amide bonds. The molecular formula is C37H54N4O7. The van der Waals surface area contributed by atoms with Gasteiger partial charge in [-0.15, -0.1) is 0 Å². The SMILES string of the molecule is CCCCCCCCCCCCCCCCCC(=O)Nc1ccc(C(=O)N[C@H](CCC(=O)O)C(=O)Nc2cc(N)cc(C(=O)O)c2)cc1. The van der Waals surface area contributed by atoms with Gasteiger partial charge in [0.05, 0.1) is 5.56 Å². The Morgan fingerprint density at radius 1 is 0.646 bits per heavy atom. The van der Waals surface area contributed by atoms with E-state index in [1.165, 1.54) is 107 Å². The van der Waals surface area contributed by atoms with E-state index in [2.05, 4.69) is 22.9 Å². The first-order valence-electron chi connectivity index (χ1n) is 17.5. The van der Waals surface area contributed by atoms with E-state index in [4.69, 9.17) is 10.8 Å². The number of unbranched alkanes of at least 4 members (excludes halogenated alkanes) is 14. The van der Waals surface area contributed by atoms with Crippen LogP contribution in [-0.4, -0.2) is 45.9 Å². The van der Waals surface area contributed by atoms with Crippen LogP contribution < -0.4 is 21.7 Å². The summed E-state index contributed by atoms with van der Waals surface area (Å²) in [6.07, 6.45) is 18.7. The van der Waals surface area contributed by atoms with Crippen LogP contribution in [-0.2, 0) is 14.4 Å². The Morgan fingerprint density at radius 3 is 1.71 bits per heavy atom. The summed E-state index contributed by atoms with van der Waals surface area (Å²) in [5, 5.41) is 26.3. The Balaban J connectivity index is 1.71. The number of rotatable bonds is 25. The number of nitrogens with one attached hydrogen (secondary N) is 3. The molecule has 0 aromatic heterocycles. The molecule has 7 N–H and O–H groups in total. The molecule has 48 heavy (non-hydrogen) atoms. The molecule has 0 bridgehead atoms. The van der Waals surface area contributed by atoms with Gasteiger partial charge >= 0.3 is 11.9 Å². The molecule has 264 valence electrons. The molecule has 2 rings (SSSR count). The molecule has 0 aliphatic rings. The van der Waals surface area contributed by atoms with E-state index in [0.29, 0.717) is 12.1 Å². The highest BCUT2D eigenvalue weighted by Crippen LogP contribution is 2.19. The van der Waals surface area contributed by atoms with Gasteiger partial charge in [-0.3, -0.25) is 19.2 Å².